The minimum atomic E-state index is -0.399. The van der Waals surface area contributed by atoms with Gasteiger partial charge in [-0.05, 0) is 23.6 Å². The van der Waals surface area contributed by atoms with Gasteiger partial charge in [0, 0.05) is 43.2 Å². The Morgan fingerprint density at radius 2 is 2.25 bits per heavy atom. The van der Waals surface area contributed by atoms with Crippen LogP contribution in [0.15, 0.2) is 29.3 Å². The molecule has 134 valence electrons. The molecule has 1 amide bonds. The molecule has 1 aliphatic heterocycles. The van der Waals surface area contributed by atoms with Crippen molar-refractivity contribution in [1.82, 2.24) is 10.2 Å². The Hall–Kier alpha value is -0.960. The summed E-state index contributed by atoms with van der Waals surface area (Å²) in [6.07, 6.45) is 0. The number of aliphatic imine (C=N–C) groups is 1. The zero-order chi connectivity index (χ0) is 16.8. The molecule has 1 aromatic carbocycles. The maximum Gasteiger partial charge on any atom is 0.248 e. The average molecular weight is 462 g/mol. The third-order valence-electron chi connectivity index (χ3n) is 4.01. The van der Waals surface area contributed by atoms with E-state index in [9.17, 15) is 4.79 Å². The smallest absolute Gasteiger partial charge is 0.248 e. The number of benzene rings is 1. The van der Waals surface area contributed by atoms with E-state index >= 15 is 0 Å². The highest BCUT2D eigenvalue weighted by atomic mass is 127. The van der Waals surface area contributed by atoms with Gasteiger partial charge in [0.1, 0.15) is 0 Å². The fourth-order valence-corrected chi connectivity index (χ4v) is 3.92. The zero-order valence-corrected chi connectivity index (χ0v) is 17.6. The van der Waals surface area contributed by atoms with Gasteiger partial charge in [-0.15, -0.1) is 24.0 Å². The van der Waals surface area contributed by atoms with Gasteiger partial charge in [0.15, 0.2) is 5.96 Å². The van der Waals surface area contributed by atoms with Crippen molar-refractivity contribution in [2.45, 2.75) is 25.6 Å². The monoisotopic (exact) mass is 462 g/mol. The third-order valence-corrected chi connectivity index (χ3v) is 5.55. The summed E-state index contributed by atoms with van der Waals surface area (Å²) in [4.78, 5) is 18.0. The number of hydrogen-bond donors (Lipinski definition) is 2. The number of thioether (sulfide) groups is 1. The molecule has 1 aromatic rings. The summed E-state index contributed by atoms with van der Waals surface area (Å²) in [5.41, 5.74) is 6.89. The topological polar surface area (TPSA) is 70.7 Å². The van der Waals surface area contributed by atoms with Gasteiger partial charge in [0.2, 0.25) is 5.91 Å². The molecule has 0 saturated carbocycles. The standard InChI is InChI=1S/C17H26N4OS.HI/c1-12(2)15-11-21(7-8-23-15)17(19-3)20-10-13-5-4-6-14(9-13)16(18)22;/h4-6,9,12,15H,7-8,10-11H2,1-3H3,(H2,18,22)(H,19,20);1H. The number of carbonyl (C=O) groups is 1. The molecule has 7 heteroatoms. The summed E-state index contributed by atoms with van der Waals surface area (Å²) in [5.74, 6) is 2.30. The maximum atomic E-state index is 11.3. The molecule has 3 N–H and O–H groups in total. The van der Waals surface area contributed by atoms with E-state index in [0.29, 0.717) is 23.3 Å². The second-order valence-electron chi connectivity index (χ2n) is 6.06. The zero-order valence-electron chi connectivity index (χ0n) is 14.5. The van der Waals surface area contributed by atoms with Gasteiger partial charge in [-0.1, -0.05) is 26.0 Å². The van der Waals surface area contributed by atoms with E-state index in [4.69, 9.17) is 5.73 Å². The second kappa shape index (κ2) is 10.1. The number of halogens is 1. The number of nitrogens with two attached hydrogens (primary N) is 1. The first-order valence-corrected chi connectivity index (χ1v) is 9.02. The quantitative estimate of drug-likeness (QED) is 0.410. The highest BCUT2D eigenvalue weighted by Crippen LogP contribution is 2.24. The largest absolute Gasteiger partial charge is 0.366 e. The van der Waals surface area contributed by atoms with Gasteiger partial charge in [0.25, 0.3) is 0 Å². The van der Waals surface area contributed by atoms with E-state index < -0.39 is 5.91 Å². The van der Waals surface area contributed by atoms with Gasteiger partial charge in [-0.3, -0.25) is 9.79 Å². The number of hydrogen-bond acceptors (Lipinski definition) is 3. The molecule has 1 saturated heterocycles. The van der Waals surface area contributed by atoms with Crippen LogP contribution in [-0.2, 0) is 6.54 Å². The number of primary amides is 1. The van der Waals surface area contributed by atoms with Crippen molar-refractivity contribution >= 4 is 47.6 Å². The van der Waals surface area contributed by atoms with E-state index in [1.54, 1.807) is 6.07 Å². The van der Waals surface area contributed by atoms with Crippen LogP contribution in [0.3, 0.4) is 0 Å². The lowest BCUT2D eigenvalue weighted by Gasteiger charge is -2.36. The van der Waals surface area contributed by atoms with Gasteiger partial charge in [-0.2, -0.15) is 11.8 Å². The maximum absolute atomic E-state index is 11.3. The predicted molar refractivity (Wildman–Crippen MR) is 113 cm³/mol. The predicted octanol–water partition coefficient (Wildman–Crippen LogP) is 2.55. The molecule has 1 heterocycles. The SMILES string of the molecule is CN=C(NCc1cccc(C(N)=O)c1)N1CCSC(C(C)C)C1.I. The molecule has 0 radical (unpaired) electrons. The van der Waals surface area contributed by atoms with Crippen LogP contribution in [-0.4, -0.2) is 47.9 Å². The Balaban J connectivity index is 0.00000288. The van der Waals surface area contributed by atoms with E-state index in [0.717, 1.165) is 30.4 Å². The molecule has 1 atom stereocenters. The van der Waals surface area contributed by atoms with Crippen molar-refractivity contribution in [3.8, 4) is 0 Å². The molecule has 5 nitrogen and oxygen atoms in total. The van der Waals surface area contributed by atoms with Crippen molar-refractivity contribution in [2.24, 2.45) is 16.6 Å². The average Bonchev–Trinajstić information content (AvgIpc) is 2.56. The lowest BCUT2D eigenvalue weighted by Crippen LogP contribution is -2.48. The van der Waals surface area contributed by atoms with Crippen LogP contribution in [0.4, 0.5) is 0 Å². The number of nitrogens with one attached hydrogen (secondary N) is 1. The Morgan fingerprint density at radius 1 is 1.50 bits per heavy atom. The van der Waals surface area contributed by atoms with Crippen LogP contribution in [0, 0.1) is 5.92 Å². The van der Waals surface area contributed by atoms with Gasteiger partial charge >= 0.3 is 0 Å². The Kier molecular flexibility index (Phi) is 8.90. The number of guanidine groups is 1. The van der Waals surface area contributed by atoms with Crippen LogP contribution < -0.4 is 11.1 Å². The van der Waals surface area contributed by atoms with E-state index in [2.05, 4.69) is 29.1 Å². The Bertz CT molecular complexity index is 579. The summed E-state index contributed by atoms with van der Waals surface area (Å²) in [7, 11) is 1.81. The fraction of sp³-hybridized carbons (Fsp3) is 0.529. The Morgan fingerprint density at radius 3 is 2.88 bits per heavy atom. The molecular formula is C17H27IN4OS. The number of carbonyl (C=O) groups excluding carboxylic acids is 1. The van der Waals surface area contributed by atoms with E-state index in [1.165, 1.54) is 0 Å². The van der Waals surface area contributed by atoms with Crippen molar-refractivity contribution < 1.29 is 4.79 Å². The van der Waals surface area contributed by atoms with Gasteiger partial charge in [0.05, 0.1) is 0 Å². The fourth-order valence-electron chi connectivity index (χ4n) is 2.62. The molecule has 24 heavy (non-hydrogen) atoms. The van der Waals surface area contributed by atoms with Crippen molar-refractivity contribution in [2.75, 3.05) is 25.9 Å². The first-order chi connectivity index (χ1) is 11.0. The molecule has 0 aliphatic carbocycles. The van der Waals surface area contributed by atoms with Gasteiger partial charge < -0.3 is 16.0 Å². The Labute approximate surface area is 165 Å². The first kappa shape index (κ1) is 21.1. The van der Waals surface area contributed by atoms with Crippen LogP contribution in [0.2, 0.25) is 0 Å². The molecule has 1 unspecified atom stereocenters. The summed E-state index contributed by atoms with van der Waals surface area (Å²) < 4.78 is 0. The highest BCUT2D eigenvalue weighted by molar-refractivity contribution is 14.0. The molecule has 0 aromatic heterocycles. The lowest BCUT2D eigenvalue weighted by molar-refractivity contribution is 0.1000. The third kappa shape index (κ3) is 5.84. The highest BCUT2D eigenvalue weighted by Gasteiger charge is 2.24. The molecular weight excluding hydrogens is 435 g/mol. The molecule has 0 spiro atoms. The summed E-state index contributed by atoms with van der Waals surface area (Å²) in [6, 6.07) is 7.39. The summed E-state index contributed by atoms with van der Waals surface area (Å²) >= 11 is 2.05. The number of rotatable bonds is 4. The molecule has 0 bridgehead atoms. The van der Waals surface area contributed by atoms with Gasteiger partial charge in [-0.25, -0.2) is 0 Å². The van der Waals surface area contributed by atoms with Crippen molar-refractivity contribution in [3.05, 3.63) is 35.4 Å². The summed E-state index contributed by atoms with van der Waals surface area (Å²) in [5, 5.41) is 4.03. The van der Waals surface area contributed by atoms with E-state index in [1.807, 2.05) is 37.0 Å². The minimum Gasteiger partial charge on any atom is -0.366 e. The van der Waals surface area contributed by atoms with Crippen LogP contribution >= 0.6 is 35.7 Å². The summed E-state index contributed by atoms with van der Waals surface area (Å²) in [6.45, 7) is 7.20. The number of amides is 1. The van der Waals surface area contributed by atoms with Crippen LogP contribution in [0.5, 0.6) is 0 Å². The molecule has 1 aliphatic rings. The normalized spacial score (nSPS) is 18.2. The van der Waals surface area contributed by atoms with Crippen molar-refractivity contribution in [1.29, 1.82) is 0 Å². The first-order valence-electron chi connectivity index (χ1n) is 7.97. The molecule has 2 rings (SSSR count). The molecule has 1 fully saturated rings. The van der Waals surface area contributed by atoms with Crippen molar-refractivity contribution in [3.63, 3.8) is 0 Å². The minimum absolute atomic E-state index is 0. The number of nitrogens with zero attached hydrogens (tertiary/aromatic N) is 2. The van der Waals surface area contributed by atoms with Crippen LogP contribution in [0.1, 0.15) is 29.8 Å². The van der Waals surface area contributed by atoms with Crippen LogP contribution in [0.25, 0.3) is 0 Å². The lowest BCUT2D eigenvalue weighted by atomic mass is 10.1. The van der Waals surface area contributed by atoms with E-state index in [-0.39, 0.29) is 24.0 Å². The second-order valence-corrected chi connectivity index (χ2v) is 7.41.